The number of benzene rings is 1. The molecule has 0 unspecified atom stereocenters. The van der Waals surface area contributed by atoms with Crippen molar-refractivity contribution in [2.24, 2.45) is 0 Å². The molecule has 0 bridgehead atoms. The number of aliphatic hydroxyl groups is 1. The van der Waals surface area contributed by atoms with Gasteiger partial charge in [-0.15, -0.1) is 0 Å². The molecule has 5 nitrogen and oxygen atoms in total. The third kappa shape index (κ3) is 1.61. The van der Waals surface area contributed by atoms with E-state index in [9.17, 15) is 9.90 Å². The first-order chi connectivity index (χ1) is 7.24. The number of aromatic amines is 1. The van der Waals surface area contributed by atoms with Gasteiger partial charge in [0.25, 0.3) is 0 Å². The second-order valence-corrected chi connectivity index (χ2v) is 3.33. The van der Waals surface area contributed by atoms with Crippen LogP contribution in [0.1, 0.15) is 6.42 Å². The van der Waals surface area contributed by atoms with Gasteiger partial charge in [0.05, 0.1) is 5.52 Å². The van der Waals surface area contributed by atoms with E-state index in [1.807, 2.05) is 0 Å². The highest BCUT2D eigenvalue weighted by molar-refractivity contribution is 5.81. The Hall–Kier alpha value is -1.75. The summed E-state index contributed by atoms with van der Waals surface area (Å²) in [6.45, 7) is 0.416. The maximum atomic E-state index is 11.5. The number of aromatic hydroxyl groups is 1. The van der Waals surface area contributed by atoms with Gasteiger partial charge >= 0.3 is 5.69 Å². The van der Waals surface area contributed by atoms with Gasteiger partial charge in [-0.1, -0.05) is 6.07 Å². The average Bonchev–Trinajstić information content (AvgIpc) is 2.53. The Bertz CT molecular complexity index is 527. The second kappa shape index (κ2) is 3.78. The van der Waals surface area contributed by atoms with Crippen LogP contribution in [0.3, 0.4) is 0 Å². The van der Waals surface area contributed by atoms with E-state index in [0.717, 1.165) is 0 Å². The van der Waals surface area contributed by atoms with Crippen LogP contribution >= 0.6 is 0 Å². The number of para-hydroxylation sites is 1. The molecule has 1 heterocycles. The van der Waals surface area contributed by atoms with E-state index in [2.05, 4.69) is 4.98 Å². The predicted molar refractivity (Wildman–Crippen MR) is 55.9 cm³/mol. The molecule has 3 N–H and O–H groups in total. The van der Waals surface area contributed by atoms with Crippen LogP contribution in [0.25, 0.3) is 11.0 Å². The third-order valence-corrected chi connectivity index (χ3v) is 2.31. The molecule has 1 aromatic carbocycles. The fourth-order valence-electron chi connectivity index (χ4n) is 1.64. The minimum Gasteiger partial charge on any atom is -0.506 e. The maximum Gasteiger partial charge on any atom is 0.326 e. The van der Waals surface area contributed by atoms with Gasteiger partial charge in [-0.25, -0.2) is 4.79 Å². The summed E-state index contributed by atoms with van der Waals surface area (Å²) in [7, 11) is 0. The first kappa shape index (κ1) is 9.79. The van der Waals surface area contributed by atoms with Crippen molar-refractivity contribution >= 4 is 11.0 Å². The summed E-state index contributed by atoms with van der Waals surface area (Å²) in [6.07, 6.45) is 0.487. The van der Waals surface area contributed by atoms with Gasteiger partial charge in [0.15, 0.2) is 0 Å². The van der Waals surface area contributed by atoms with E-state index in [0.29, 0.717) is 24.0 Å². The molecule has 0 aliphatic carbocycles. The number of phenols is 1. The van der Waals surface area contributed by atoms with E-state index in [1.165, 1.54) is 10.6 Å². The molecule has 0 amide bonds. The number of nitrogens with one attached hydrogen (secondary N) is 1. The maximum absolute atomic E-state index is 11.5. The molecule has 0 atom stereocenters. The summed E-state index contributed by atoms with van der Waals surface area (Å²) in [5, 5.41) is 18.3. The topological polar surface area (TPSA) is 78.2 Å². The number of hydrogen-bond donors (Lipinski definition) is 3. The Morgan fingerprint density at radius 3 is 2.93 bits per heavy atom. The van der Waals surface area contributed by atoms with Gasteiger partial charge < -0.3 is 15.2 Å². The first-order valence-electron chi connectivity index (χ1n) is 4.75. The van der Waals surface area contributed by atoms with Crippen molar-refractivity contribution in [3.63, 3.8) is 0 Å². The lowest BCUT2D eigenvalue weighted by molar-refractivity contribution is 0.279. The summed E-state index contributed by atoms with van der Waals surface area (Å²) < 4.78 is 1.43. The number of aromatic nitrogens is 2. The van der Waals surface area contributed by atoms with Crippen LogP contribution in [-0.4, -0.2) is 26.4 Å². The van der Waals surface area contributed by atoms with Crippen molar-refractivity contribution < 1.29 is 10.2 Å². The molecule has 80 valence electrons. The third-order valence-electron chi connectivity index (χ3n) is 2.31. The second-order valence-electron chi connectivity index (χ2n) is 3.33. The van der Waals surface area contributed by atoms with Crippen molar-refractivity contribution in [1.29, 1.82) is 0 Å². The van der Waals surface area contributed by atoms with Gasteiger partial charge in [-0.3, -0.25) is 4.57 Å². The Kier molecular flexibility index (Phi) is 2.47. The van der Waals surface area contributed by atoms with Crippen molar-refractivity contribution in [3.8, 4) is 5.75 Å². The first-order valence-corrected chi connectivity index (χ1v) is 4.75. The van der Waals surface area contributed by atoms with Crippen LogP contribution in [0, 0.1) is 0 Å². The predicted octanol–water partition coefficient (Wildman–Crippen LogP) is 0.418. The summed E-state index contributed by atoms with van der Waals surface area (Å²) in [6, 6.07) is 4.93. The van der Waals surface area contributed by atoms with Crippen LogP contribution in [0.2, 0.25) is 0 Å². The molecular formula is C10H12N2O3. The number of H-pyrrole nitrogens is 1. The van der Waals surface area contributed by atoms with E-state index in [-0.39, 0.29) is 18.0 Å². The number of hydrogen-bond acceptors (Lipinski definition) is 3. The van der Waals surface area contributed by atoms with Gasteiger partial charge in [0.1, 0.15) is 11.3 Å². The van der Waals surface area contributed by atoms with Crippen LogP contribution in [0.15, 0.2) is 23.0 Å². The lowest BCUT2D eigenvalue weighted by atomic mass is 10.3. The fourth-order valence-corrected chi connectivity index (χ4v) is 1.64. The average molecular weight is 208 g/mol. The molecule has 0 aliphatic heterocycles. The minimum atomic E-state index is -0.264. The Labute approximate surface area is 85.6 Å². The van der Waals surface area contributed by atoms with Crippen molar-refractivity contribution in [2.75, 3.05) is 6.61 Å². The quantitative estimate of drug-likeness (QED) is 0.684. The van der Waals surface area contributed by atoms with Gasteiger partial charge in [0.2, 0.25) is 0 Å². The number of nitrogens with zero attached hydrogens (tertiary/aromatic N) is 1. The molecule has 0 saturated carbocycles. The van der Waals surface area contributed by atoms with E-state index < -0.39 is 0 Å². The number of fused-ring (bicyclic) bond motifs is 1. The highest BCUT2D eigenvalue weighted by Gasteiger charge is 2.09. The zero-order valence-corrected chi connectivity index (χ0v) is 8.10. The Morgan fingerprint density at radius 1 is 1.40 bits per heavy atom. The molecular weight excluding hydrogens is 196 g/mol. The molecule has 2 aromatic rings. The minimum absolute atomic E-state index is 0.0205. The monoisotopic (exact) mass is 208 g/mol. The van der Waals surface area contributed by atoms with Gasteiger partial charge in [-0.05, 0) is 18.6 Å². The molecule has 1 aromatic heterocycles. The van der Waals surface area contributed by atoms with E-state index in [1.54, 1.807) is 12.1 Å². The highest BCUT2D eigenvalue weighted by Crippen LogP contribution is 2.21. The van der Waals surface area contributed by atoms with Crippen LogP contribution < -0.4 is 5.69 Å². The molecule has 2 rings (SSSR count). The van der Waals surface area contributed by atoms with Crippen LogP contribution in [0.4, 0.5) is 0 Å². The lowest BCUT2D eigenvalue weighted by Gasteiger charge is -2.02. The van der Waals surface area contributed by atoms with Gasteiger partial charge in [-0.2, -0.15) is 0 Å². The number of imidazole rings is 1. The highest BCUT2D eigenvalue weighted by atomic mass is 16.3. The summed E-state index contributed by atoms with van der Waals surface area (Å²) in [5.74, 6) is 0.0730. The van der Waals surface area contributed by atoms with Gasteiger partial charge in [0, 0.05) is 13.2 Å². The molecule has 5 heteroatoms. The number of phenolic OH excluding ortho intramolecular Hbond substituents is 1. The molecule has 15 heavy (non-hydrogen) atoms. The van der Waals surface area contributed by atoms with Crippen LogP contribution in [-0.2, 0) is 6.54 Å². The Balaban J connectivity index is 2.61. The SMILES string of the molecule is O=c1[nH]c2cccc(O)c2n1CCCO. The zero-order chi connectivity index (χ0) is 10.8. The zero-order valence-electron chi connectivity index (χ0n) is 8.10. The number of rotatable bonds is 3. The van der Waals surface area contributed by atoms with E-state index >= 15 is 0 Å². The lowest BCUT2D eigenvalue weighted by Crippen LogP contribution is -2.17. The summed E-state index contributed by atoms with van der Waals surface area (Å²) >= 11 is 0. The smallest absolute Gasteiger partial charge is 0.326 e. The Morgan fingerprint density at radius 2 is 2.20 bits per heavy atom. The molecule has 0 radical (unpaired) electrons. The fraction of sp³-hybridized carbons (Fsp3) is 0.300. The molecule has 0 spiro atoms. The number of aliphatic hydroxyl groups excluding tert-OH is 1. The van der Waals surface area contributed by atoms with Crippen molar-refractivity contribution in [1.82, 2.24) is 9.55 Å². The summed E-state index contributed by atoms with van der Waals surface area (Å²) in [5.41, 5.74) is 0.842. The summed E-state index contributed by atoms with van der Waals surface area (Å²) in [4.78, 5) is 14.2. The molecule has 0 saturated heterocycles. The number of aryl methyl sites for hydroxylation is 1. The normalized spacial score (nSPS) is 11.0. The van der Waals surface area contributed by atoms with Crippen molar-refractivity contribution in [3.05, 3.63) is 28.7 Å². The van der Waals surface area contributed by atoms with Crippen molar-refractivity contribution in [2.45, 2.75) is 13.0 Å². The standard InChI is InChI=1S/C10H12N2O3/c13-6-2-5-12-9-7(11-10(12)15)3-1-4-8(9)14/h1,3-4,13-14H,2,5-6H2,(H,11,15). The molecule has 0 fully saturated rings. The largest absolute Gasteiger partial charge is 0.506 e. The molecule has 0 aliphatic rings. The van der Waals surface area contributed by atoms with E-state index in [4.69, 9.17) is 5.11 Å². The van der Waals surface area contributed by atoms with Crippen LogP contribution in [0.5, 0.6) is 5.75 Å².